The Bertz CT molecular complexity index is 4290. The summed E-state index contributed by atoms with van der Waals surface area (Å²) >= 11 is 0. The number of aromatic carboxylic acids is 1. The smallest absolute Gasteiger partial charge is 0.338 e. The first-order chi connectivity index (χ1) is 56.7. The molecule has 0 amide bonds. The van der Waals surface area contributed by atoms with Crippen LogP contribution >= 0.6 is 0 Å². The molecule has 0 aliphatic carbocycles. The molecule has 26 atom stereocenters. The van der Waals surface area contributed by atoms with Crippen LogP contribution in [0.25, 0.3) is 21.5 Å². The quantitative estimate of drug-likeness (QED) is 0.0335. The Kier molecular flexibility index (Phi) is 31.0. The lowest BCUT2D eigenvalue weighted by Gasteiger charge is -2.49. The van der Waals surface area contributed by atoms with Gasteiger partial charge in [-0.1, -0.05) is 159 Å². The summed E-state index contributed by atoms with van der Waals surface area (Å²) in [6.07, 6.45) is 31.0. The van der Waals surface area contributed by atoms with E-state index in [4.69, 9.17) is 57.2 Å². The SMILES string of the molecule is C=C/C=C\CCC1OC2CCC3(C)OC4C(O)CC5(C)OC(CC/C=C(C)/C(C)=C/CO)C(C)CC5OC4CC3OC2CCC1(C)O.C=C/C=C\CCC1OC2CCC3(C)OC4C(O)CC5(C)OC(CC/C=C(C)/C(C)=C/COC(=O)c6ccc7ccccc7c6)C(C)CC5OC4CC3OC2CCC1(C)O.O=C(O)c1ccc2ccccc2c1. The maximum atomic E-state index is 12.7. The van der Waals surface area contributed by atoms with E-state index in [0.29, 0.717) is 62.0 Å². The van der Waals surface area contributed by atoms with Crippen molar-refractivity contribution in [3.8, 4) is 0 Å². The number of rotatable bonds is 21. The zero-order valence-corrected chi connectivity index (χ0v) is 72.8. The van der Waals surface area contributed by atoms with Gasteiger partial charge in [-0.05, 0) is 254 Å². The third-order valence-electron chi connectivity index (χ3n) is 28.2. The zero-order valence-electron chi connectivity index (χ0n) is 72.8. The van der Waals surface area contributed by atoms with Crippen LogP contribution in [0, 0.1) is 11.8 Å². The van der Waals surface area contributed by atoms with E-state index in [9.17, 15) is 35.1 Å². The van der Waals surface area contributed by atoms with E-state index in [1.807, 2.05) is 125 Å². The summed E-state index contributed by atoms with van der Waals surface area (Å²) in [5.74, 6) is -0.637. The second-order valence-corrected chi connectivity index (χ2v) is 37.4. The van der Waals surface area contributed by atoms with Crippen LogP contribution in [0.2, 0.25) is 0 Å². The van der Waals surface area contributed by atoms with Crippen molar-refractivity contribution in [3.05, 3.63) is 192 Å². The van der Waals surface area contributed by atoms with Gasteiger partial charge in [0.25, 0.3) is 0 Å². The molecular formula is C100H138O19. The van der Waals surface area contributed by atoms with Crippen LogP contribution in [0.1, 0.15) is 245 Å². The van der Waals surface area contributed by atoms with Crippen molar-refractivity contribution in [3.63, 3.8) is 0 Å². The van der Waals surface area contributed by atoms with Gasteiger partial charge >= 0.3 is 11.9 Å². The number of ether oxygens (including phenoxy) is 11. The summed E-state index contributed by atoms with van der Waals surface area (Å²) in [4.78, 5) is 23.4. The lowest BCUT2D eigenvalue weighted by Crippen LogP contribution is -2.59. The van der Waals surface area contributed by atoms with Gasteiger partial charge in [-0.3, -0.25) is 0 Å². The van der Waals surface area contributed by atoms with Gasteiger partial charge in [0.1, 0.15) is 18.8 Å². The summed E-state index contributed by atoms with van der Waals surface area (Å²) < 4.78 is 74.3. The molecule has 652 valence electrons. The topological polar surface area (TPSA) is 257 Å². The van der Waals surface area contributed by atoms with Gasteiger partial charge in [-0.25, -0.2) is 9.59 Å². The molecule has 26 unspecified atom stereocenters. The number of aliphatic hydroxyl groups is 5. The first kappa shape index (κ1) is 91.9. The van der Waals surface area contributed by atoms with Crippen LogP contribution in [0.3, 0.4) is 0 Å². The fourth-order valence-electron chi connectivity index (χ4n) is 20.2. The number of allylic oxidation sites excluding steroid dienone is 12. The average Bonchev–Trinajstić information content (AvgIpc) is 1.61. The number of carboxylic acids is 1. The van der Waals surface area contributed by atoms with Crippen LogP contribution in [0.5, 0.6) is 0 Å². The van der Waals surface area contributed by atoms with E-state index in [1.54, 1.807) is 24.3 Å². The number of hydrogen-bond acceptors (Lipinski definition) is 18. The van der Waals surface area contributed by atoms with Crippen molar-refractivity contribution >= 4 is 33.5 Å². The minimum Gasteiger partial charge on any atom is -0.478 e. The molecule has 6 N–H and O–H groups in total. The third kappa shape index (κ3) is 22.4. The molecule has 0 aromatic heterocycles. The van der Waals surface area contributed by atoms with Crippen LogP contribution in [-0.4, -0.2) is 199 Å². The Morgan fingerprint density at radius 3 is 1.29 bits per heavy atom. The Morgan fingerprint density at radius 2 is 0.849 bits per heavy atom. The lowest BCUT2D eigenvalue weighted by atomic mass is 9.79. The van der Waals surface area contributed by atoms with Gasteiger partial charge in [-0.2, -0.15) is 0 Å². The number of hydrogen-bond donors (Lipinski definition) is 6. The van der Waals surface area contributed by atoms with Crippen molar-refractivity contribution in [2.75, 3.05) is 13.2 Å². The number of aliphatic hydroxyl groups excluding tert-OH is 3. The number of esters is 1. The highest BCUT2D eigenvalue weighted by molar-refractivity contribution is 5.96. The minimum atomic E-state index is -0.938. The third-order valence-corrected chi connectivity index (χ3v) is 28.2. The zero-order chi connectivity index (χ0) is 85.2. The van der Waals surface area contributed by atoms with Gasteiger partial charge in [-0.15, -0.1) is 0 Å². The van der Waals surface area contributed by atoms with Gasteiger partial charge < -0.3 is 82.7 Å². The molecule has 0 spiro atoms. The molecule has 19 heteroatoms. The molecule has 10 aliphatic heterocycles. The molecule has 0 bridgehead atoms. The molecule has 10 heterocycles. The summed E-state index contributed by atoms with van der Waals surface area (Å²) in [5.41, 5.74) is 1.05. The van der Waals surface area contributed by atoms with Crippen molar-refractivity contribution in [1.29, 1.82) is 0 Å². The Labute approximate surface area is 707 Å². The normalized spacial score (nSPS) is 38.8. The number of carboxylic acid groups (broad SMARTS) is 1. The first-order valence-corrected chi connectivity index (χ1v) is 44.4. The van der Waals surface area contributed by atoms with Crippen LogP contribution in [0.4, 0.5) is 0 Å². The molecule has 0 saturated carbocycles. The van der Waals surface area contributed by atoms with E-state index in [2.05, 4.69) is 92.9 Å². The van der Waals surface area contributed by atoms with E-state index < -0.39 is 64.0 Å². The number of fused-ring (bicyclic) bond motifs is 10. The van der Waals surface area contributed by atoms with E-state index in [-0.39, 0.29) is 111 Å². The largest absolute Gasteiger partial charge is 0.478 e. The lowest BCUT2D eigenvalue weighted by molar-refractivity contribution is -0.273. The molecule has 14 rings (SSSR count). The Hall–Kier alpha value is -6.34. The highest BCUT2D eigenvalue weighted by Crippen LogP contribution is 2.52. The first-order valence-electron chi connectivity index (χ1n) is 44.4. The average molecular weight is 1640 g/mol. The van der Waals surface area contributed by atoms with Crippen molar-refractivity contribution in [1.82, 2.24) is 0 Å². The standard InChI is InChI=1S/C50H68O9.C39H62O8.C11H8O2/c1-8-9-10-11-19-43-48(5,53)25-22-40-41(55-43)23-26-49(6)45(56-40)30-42-46(59-49)38(51)31-50(7)44(57-42)28-34(4)39(58-50)18-14-15-32(2)33(3)24-27-54-47(52)37-21-20-35-16-12-13-17-36(35)29-37;1-8-9-10-11-15-33-37(5,42)19-16-30-31(43-33)17-20-38(6)35(44-30)23-32-36(47-38)28(41)24-39(7)34(45-32)22-27(4)29(46-39)14-12-13-25(2)26(3)18-21-40;12-11(13)10-6-5-8-3-1-2-4-9(8)7-10/h8-10,12-13,15-17,20-21,24,29,34,38-46,51,53H,1,11,14,18-19,22-23,25-28,30-31H2,2-7H3;8-10,13,18,27-36,40-42H,1,11-12,14-17,19-24H2,2-7H3;1-7H,(H,12,13)/b10-9-,32-15+,33-24+;10-9-,25-13+,26-18+;. The number of benzene rings is 4. The fraction of sp³-hybridized carbons (Fsp3) is 0.620. The predicted molar refractivity (Wildman–Crippen MR) is 464 cm³/mol. The van der Waals surface area contributed by atoms with Crippen molar-refractivity contribution < 1.29 is 92.3 Å². The molecule has 4 aromatic carbocycles. The maximum Gasteiger partial charge on any atom is 0.338 e. The molecular weight excluding hydrogens is 1510 g/mol. The maximum absolute atomic E-state index is 12.7. The molecule has 0 radical (unpaired) electrons. The van der Waals surface area contributed by atoms with Crippen molar-refractivity contribution in [2.24, 2.45) is 11.8 Å². The summed E-state index contributed by atoms with van der Waals surface area (Å²) in [6, 6.07) is 26.4. The second-order valence-electron chi connectivity index (χ2n) is 37.4. The summed E-state index contributed by atoms with van der Waals surface area (Å²) in [5, 5.41) is 68.4. The highest BCUT2D eigenvalue weighted by Gasteiger charge is 2.61. The molecule has 10 fully saturated rings. The molecule has 10 saturated heterocycles. The molecule has 4 aromatic rings. The predicted octanol–water partition coefficient (Wildman–Crippen LogP) is 18.1. The minimum absolute atomic E-state index is 0.0162. The fourth-order valence-corrected chi connectivity index (χ4v) is 20.2. The van der Waals surface area contributed by atoms with Crippen LogP contribution < -0.4 is 0 Å². The Morgan fingerprint density at radius 1 is 0.462 bits per heavy atom. The molecule has 19 nitrogen and oxygen atoms in total. The highest BCUT2D eigenvalue weighted by atomic mass is 16.6. The second kappa shape index (κ2) is 40.1. The van der Waals surface area contributed by atoms with E-state index in [0.717, 1.165) is 135 Å². The van der Waals surface area contributed by atoms with Crippen molar-refractivity contribution in [2.45, 2.75) is 368 Å². The Balaban J connectivity index is 0.000000192. The van der Waals surface area contributed by atoms with Crippen LogP contribution in [0.15, 0.2) is 181 Å². The summed E-state index contributed by atoms with van der Waals surface area (Å²) in [6.45, 7) is 32.7. The molecule has 119 heavy (non-hydrogen) atoms. The number of carbonyl (C=O) groups is 2. The van der Waals surface area contributed by atoms with Gasteiger partial charge in [0, 0.05) is 25.7 Å². The van der Waals surface area contributed by atoms with Crippen LogP contribution in [-0.2, 0) is 52.1 Å². The van der Waals surface area contributed by atoms with Gasteiger partial charge in [0.2, 0.25) is 0 Å². The van der Waals surface area contributed by atoms with Gasteiger partial charge in [0.05, 0.1) is 149 Å². The van der Waals surface area contributed by atoms with E-state index >= 15 is 0 Å². The number of carbonyl (C=O) groups excluding carboxylic acids is 1. The van der Waals surface area contributed by atoms with E-state index in [1.165, 1.54) is 5.57 Å². The monoisotopic (exact) mass is 1640 g/mol. The summed E-state index contributed by atoms with van der Waals surface area (Å²) in [7, 11) is 0. The van der Waals surface area contributed by atoms with Gasteiger partial charge in [0.15, 0.2) is 0 Å². The molecule has 10 aliphatic rings.